The van der Waals surface area contributed by atoms with Gasteiger partial charge in [-0.15, -0.1) is 0 Å². The first kappa shape index (κ1) is 39.5. The van der Waals surface area contributed by atoms with E-state index in [-0.39, 0.29) is 6.71 Å². The SMILES string of the molecule is Cc1cccc(C)c1B1c2cccc3c(N(c4ccc5ccccc5c4)c4ccc5ccccc5c4)cc4cc(N(c5ccc6ccccc6c5)c5ccc6ccccc6c5)c5cccc1c5c4c23. The zero-order chi connectivity index (χ0) is 45.7. The van der Waals surface area contributed by atoms with E-state index in [1.165, 1.54) is 103 Å². The molecule has 0 atom stereocenters. The third kappa shape index (κ3) is 6.20. The van der Waals surface area contributed by atoms with Crippen LogP contribution in [0.1, 0.15) is 11.1 Å². The molecule has 0 radical (unpaired) electrons. The normalized spacial score (nSPS) is 12.2. The topological polar surface area (TPSA) is 6.48 Å². The second kappa shape index (κ2) is 15.5. The number of hydrogen-bond acceptors (Lipinski definition) is 2. The standard InChI is InChI=1S/C66H45BN2/c1-42-14-11-15-43(2)66(42)67-59-26-12-24-57-61(68(53-32-28-44-16-3-7-20-48(44)36-53)54-33-29-45-17-4-8-21-49(45)37-54)40-52-41-62(58-25-13-27-60(67)65(58)63(52)64(57)59)69(55-34-30-46-18-5-9-22-50(46)38-55)56-35-31-47-19-6-10-23-51(47)39-56/h3-41H,1-2H3. The van der Waals surface area contributed by atoms with Crippen molar-refractivity contribution in [3.8, 4) is 0 Å². The smallest absolute Gasteiger partial charge is 0.243 e. The fourth-order valence-corrected chi connectivity index (χ4v) is 11.9. The zero-order valence-corrected chi connectivity index (χ0v) is 38.5. The van der Waals surface area contributed by atoms with Crippen molar-refractivity contribution in [2.45, 2.75) is 13.8 Å². The summed E-state index contributed by atoms with van der Waals surface area (Å²) in [4.78, 5) is 5.03. The summed E-state index contributed by atoms with van der Waals surface area (Å²) in [5.74, 6) is 0. The van der Waals surface area contributed by atoms with Crippen molar-refractivity contribution in [3.63, 3.8) is 0 Å². The average Bonchev–Trinajstić information content (AvgIpc) is 3.39. The summed E-state index contributed by atoms with van der Waals surface area (Å²) in [7, 11) is 0. The molecule has 0 aromatic heterocycles. The molecule has 0 bridgehead atoms. The van der Waals surface area contributed by atoms with Gasteiger partial charge in [-0.3, -0.25) is 0 Å². The van der Waals surface area contributed by atoms with Crippen molar-refractivity contribution in [2.75, 3.05) is 9.80 Å². The molecule has 13 aromatic rings. The van der Waals surface area contributed by atoms with Gasteiger partial charge in [0.25, 0.3) is 0 Å². The largest absolute Gasteiger partial charge is 0.310 e. The highest BCUT2D eigenvalue weighted by Gasteiger charge is 2.35. The molecule has 0 saturated carbocycles. The Morgan fingerprint density at radius 1 is 0.275 bits per heavy atom. The predicted octanol–water partition coefficient (Wildman–Crippen LogP) is 16.1. The first-order chi connectivity index (χ1) is 34.0. The minimum Gasteiger partial charge on any atom is -0.310 e. The first-order valence-electron chi connectivity index (χ1n) is 24.1. The van der Waals surface area contributed by atoms with Gasteiger partial charge in [0.2, 0.25) is 6.71 Å². The van der Waals surface area contributed by atoms with Gasteiger partial charge in [-0.25, -0.2) is 0 Å². The molecule has 0 spiro atoms. The number of anilines is 6. The van der Waals surface area contributed by atoms with Gasteiger partial charge in [0.15, 0.2) is 0 Å². The summed E-state index contributed by atoms with van der Waals surface area (Å²) in [6, 6.07) is 88.5. The molecular formula is C66H45BN2. The van der Waals surface area contributed by atoms with E-state index in [2.05, 4.69) is 260 Å². The van der Waals surface area contributed by atoms with E-state index in [0.717, 1.165) is 34.1 Å². The second-order valence-corrected chi connectivity index (χ2v) is 19.0. The van der Waals surface area contributed by atoms with E-state index >= 15 is 0 Å². The third-order valence-corrected chi connectivity index (χ3v) is 15.0. The van der Waals surface area contributed by atoms with Crippen molar-refractivity contribution in [2.24, 2.45) is 0 Å². The Kier molecular flexibility index (Phi) is 8.85. The number of fused-ring (bicyclic) bond motifs is 4. The molecule has 3 heteroatoms. The summed E-state index contributed by atoms with van der Waals surface area (Å²) in [5.41, 5.74) is 13.5. The van der Waals surface area contributed by atoms with E-state index < -0.39 is 0 Å². The Hall–Kier alpha value is -8.66. The van der Waals surface area contributed by atoms with Gasteiger partial charge in [-0.05, 0) is 139 Å². The highest BCUT2D eigenvalue weighted by Crippen LogP contribution is 2.49. The maximum absolute atomic E-state index is 2.51. The van der Waals surface area contributed by atoms with Gasteiger partial charge in [-0.1, -0.05) is 203 Å². The van der Waals surface area contributed by atoms with Crippen LogP contribution in [0.5, 0.6) is 0 Å². The van der Waals surface area contributed by atoms with E-state index in [0.29, 0.717) is 0 Å². The molecule has 2 nitrogen and oxygen atoms in total. The highest BCUT2D eigenvalue weighted by molar-refractivity contribution is 7.00. The molecule has 322 valence electrons. The molecule has 0 fully saturated rings. The second-order valence-electron chi connectivity index (χ2n) is 19.0. The molecule has 1 aliphatic heterocycles. The lowest BCUT2D eigenvalue weighted by molar-refractivity contribution is 1.31. The van der Waals surface area contributed by atoms with Crippen LogP contribution in [0.15, 0.2) is 237 Å². The quantitative estimate of drug-likeness (QED) is 0.116. The van der Waals surface area contributed by atoms with Crippen LogP contribution in [0.25, 0.3) is 75.4 Å². The van der Waals surface area contributed by atoms with E-state index in [4.69, 9.17) is 0 Å². The molecule has 13 aromatic carbocycles. The van der Waals surface area contributed by atoms with Crippen LogP contribution >= 0.6 is 0 Å². The molecule has 1 aliphatic rings. The van der Waals surface area contributed by atoms with Gasteiger partial charge >= 0.3 is 0 Å². The summed E-state index contributed by atoms with van der Waals surface area (Å²) < 4.78 is 0. The third-order valence-electron chi connectivity index (χ3n) is 15.0. The summed E-state index contributed by atoms with van der Waals surface area (Å²) in [6.45, 7) is 4.61. The van der Waals surface area contributed by atoms with Crippen molar-refractivity contribution in [3.05, 3.63) is 248 Å². The van der Waals surface area contributed by atoms with Crippen molar-refractivity contribution in [1.82, 2.24) is 0 Å². The lowest BCUT2D eigenvalue weighted by atomic mass is 9.33. The minimum atomic E-state index is 0.0179. The number of nitrogens with zero attached hydrogens (tertiary/aromatic N) is 2. The van der Waals surface area contributed by atoms with Gasteiger partial charge in [0, 0.05) is 33.5 Å². The number of aryl methyl sites for hydroxylation is 2. The maximum Gasteiger partial charge on any atom is 0.243 e. The lowest BCUT2D eigenvalue weighted by Gasteiger charge is -2.34. The summed E-state index contributed by atoms with van der Waals surface area (Å²) in [6.07, 6.45) is 0. The Morgan fingerprint density at radius 3 is 0.971 bits per heavy atom. The molecular weight excluding hydrogens is 832 g/mol. The van der Waals surface area contributed by atoms with Crippen molar-refractivity contribution < 1.29 is 0 Å². The number of benzene rings is 13. The van der Waals surface area contributed by atoms with Crippen LogP contribution in [0.2, 0.25) is 0 Å². The van der Waals surface area contributed by atoms with Gasteiger partial charge < -0.3 is 9.80 Å². The Bertz CT molecular complexity index is 3840. The fourth-order valence-electron chi connectivity index (χ4n) is 11.9. The van der Waals surface area contributed by atoms with Crippen molar-refractivity contribution >= 4 is 133 Å². The molecule has 0 aliphatic carbocycles. The van der Waals surface area contributed by atoms with Gasteiger partial charge in [-0.2, -0.15) is 0 Å². The van der Waals surface area contributed by atoms with Crippen LogP contribution in [0.4, 0.5) is 34.1 Å². The molecule has 14 rings (SSSR count). The summed E-state index contributed by atoms with van der Waals surface area (Å²) >= 11 is 0. The monoisotopic (exact) mass is 876 g/mol. The van der Waals surface area contributed by atoms with Crippen LogP contribution < -0.4 is 26.2 Å². The molecule has 0 unspecified atom stereocenters. The Morgan fingerprint density at radius 2 is 0.609 bits per heavy atom. The molecule has 1 heterocycles. The van der Waals surface area contributed by atoms with E-state index in [9.17, 15) is 0 Å². The summed E-state index contributed by atoms with van der Waals surface area (Å²) in [5, 5.41) is 17.4. The molecule has 0 saturated heterocycles. The van der Waals surface area contributed by atoms with Gasteiger partial charge in [0.1, 0.15) is 0 Å². The molecule has 0 amide bonds. The lowest BCUT2D eigenvalue weighted by Crippen LogP contribution is -2.55. The molecule has 0 N–H and O–H groups in total. The Labute approximate surface area is 402 Å². The predicted molar refractivity (Wildman–Crippen MR) is 299 cm³/mol. The van der Waals surface area contributed by atoms with Crippen LogP contribution in [0.3, 0.4) is 0 Å². The first-order valence-corrected chi connectivity index (χ1v) is 24.1. The minimum absolute atomic E-state index is 0.0179. The molecule has 69 heavy (non-hydrogen) atoms. The maximum atomic E-state index is 2.51. The van der Waals surface area contributed by atoms with E-state index in [1.807, 2.05) is 0 Å². The zero-order valence-electron chi connectivity index (χ0n) is 38.5. The van der Waals surface area contributed by atoms with Crippen LogP contribution in [-0.2, 0) is 0 Å². The van der Waals surface area contributed by atoms with Crippen molar-refractivity contribution in [1.29, 1.82) is 0 Å². The Balaban J connectivity index is 1.14. The fraction of sp³-hybridized carbons (Fsp3) is 0.0303. The van der Waals surface area contributed by atoms with E-state index in [1.54, 1.807) is 0 Å². The average molecular weight is 877 g/mol. The number of rotatable bonds is 7. The van der Waals surface area contributed by atoms with Crippen LogP contribution in [-0.4, -0.2) is 6.71 Å². The van der Waals surface area contributed by atoms with Crippen LogP contribution in [0, 0.1) is 13.8 Å². The van der Waals surface area contributed by atoms with Gasteiger partial charge in [0.05, 0.1) is 11.4 Å². The highest BCUT2D eigenvalue weighted by atomic mass is 15.2. The number of hydrogen-bond donors (Lipinski definition) is 0.